The molecule has 1 aliphatic rings. The number of aromatic nitrogens is 1. The van der Waals surface area contributed by atoms with Crippen molar-refractivity contribution in [3.8, 4) is 0 Å². The molecule has 1 saturated heterocycles. The molecule has 34 heavy (non-hydrogen) atoms. The van der Waals surface area contributed by atoms with Crippen LogP contribution in [-0.2, 0) is 15.1 Å². The van der Waals surface area contributed by atoms with Crippen LogP contribution in [0.1, 0.15) is 45.8 Å². The average Bonchev–Trinajstić information content (AvgIpc) is 3.28. The molecule has 176 valence electrons. The van der Waals surface area contributed by atoms with E-state index in [0.29, 0.717) is 23.3 Å². The van der Waals surface area contributed by atoms with E-state index in [1.807, 2.05) is 67.8 Å². The summed E-state index contributed by atoms with van der Waals surface area (Å²) in [7, 11) is 1.64. The number of imide groups is 1. The van der Waals surface area contributed by atoms with E-state index in [4.69, 9.17) is 4.74 Å². The maximum atomic E-state index is 13.8. The van der Waals surface area contributed by atoms with Gasteiger partial charge in [0.2, 0.25) is 0 Å². The number of hydrogen-bond donors (Lipinski definition) is 1. The zero-order valence-electron chi connectivity index (χ0n) is 19.9. The largest absolute Gasteiger partial charge is 0.383 e. The number of ketones is 1. The lowest BCUT2D eigenvalue weighted by molar-refractivity contribution is -0.129. The fourth-order valence-electron chi connectivity index (χ4n) is 4.94. The van der Waals surface area contributed by atoms with Crippen molar-refractivity contribution in [3.05, 3.63) is 94.8 Å². The van der Waals surface area contributed by atoms with E-state index >= 15 is 0 Å². The Morgan fingerprint density at radius 2 is 1.56 bits per heavy atom. The van der Waals surface area contributed by atoms with E-state index < -0.39 is 17.5 Å². The Kier molecular flexibility index (Phi) is 6.39. The second-order valence-corrected chi connectivity index (χ2v) is 8.69. The highest BCUT2D eigenvalue weighted by Crippen LogP contribution is 2.36. The van der Waals surface area contributed by atoms with Gasteiger partial charge in [0, 0.05) is 24.1 Å². The highest BCUT2D eigenvalue weighted by atomic mass is 16.5. The number of nitrogens with zero attached hydrogens (tertiary/aromatic N) is 2. The van der Waals surface area contributed by atoms with Gasteiger partial charge in [0.25, 0.3) is 5.91 Å². The second kappa shape index (κ2) is 9.27. The number of aryl methyl sites for hydroxylation is 1. The molecule has 1 aromatic heterocycles. The minimum absolute atomic E-state index is 0.0482. The van der Waals surface area contributed by atoms with Crippen molar-refractivity contribution in [1.29, 1.82) is 0 Å². The summed E-state index contributed by atoms with van der Waals surface area (Å²) < 4.78 is 7.31. The lowest BCUT2D eigenvalue weighted by Crippen LogP contribution is -2.45. The first kappa shape index (κ1) is 23.4. The summed E-state index contributed by atoms with van der Waals surface area (Å²) in [5.74, 6) is -0.755. The van der Waals surface area contributed by atoms with Crippen molar-refractivity contribution in [1.82, 2.24) is 14.8 Å². The second-order valence-electron chi connectivity index (χ2n) is 8.69. The van der Waals surface area contributed by atoms with Gasteiger partial charge in [-0.25, -0.2) is 4.79 Å². The van der Waals surface area contributed by atoms with Gasteiger partial charge in [0.15, 0.2) is 11.3 Å². The van der Waals surface area contributed by atoms with Crippen LogP contribution in [0.2, 0.25) is 0 Å². The summed E-state index contributed by atoms with van der Waals surface area (Å²) in [5, 5.41) is 2.89. The predicted octanol–water partition coefficient (Wildman–Crippen LogP) is 3.99. The predicted molar refractivity (Wildman–Crippen MR) is 129 cm³/mol. The van der Waals surface area contributed by atoms with E-state index in [9.17, 15) is 14.4 Å². The Labute approximate surface area is 199 Å². The summed E-state index contributed by atoms with van der Waals surface area (Å²) in [5.41, 5.74) is 2.10. The zero-order chi connectivity index (χ0) is 24.5. The molecule has 1 aliphatic heterocycles. The van der Waals surface area contributed by atoms with Crippen LogP contribution in [-0.4, -0.2) is 47.4 Å². The lowest BCUT2D eigenvalue weighted by Gasteiger charge is -2.28. The summed E-state index contributed by atoms with van der Waals surface area (Å²) in [6.45, 7) is 5.99. The van der Waals surface area contributed by atoms with Crippen LogP contribution in [0.4, 0.5) is 4.79 Å². The standard InChI is InChI=1S/C27H29N3O4/c1-18-15-23(20(3)30(18)19(2)17-34-4)24(31)16-29-25(32)27(28-26(29)33,21-11-7-5-8-12-21)22-13-9-6-10-14-22/h5-15,19H,16-17H2,1-4H3,(H,28,33)/t19-/m1/s1. The number of methoxy groups -OCH3 is 1. The number of rotatable bonds is 8. The number of Topliss-reactive ketones (excluding diaryl/α,β-unsaturated/α-hetero) is 1. The molecule has 0 spiro atoms. The van der Waals surface area contributed by atoms with Crippen molar-refractivity contribution in [2.24, 2.45) is 0 Å². The Hall–Kier alpha value is -3.71. The Balaban J connectivity index is 1.68. The van der Waals surface area contributed by atoms with Crippen LogP contribution in [0.25, 0.3) is 0 Å². The van der Waals surface area contributed by atoms with Crippen molar-refractivity contribution >= 4 is 17.7 Å². The molecule has 0 radical (unpaired) electrons. The molecule has 2 heterocycles. The molecule has 7 heteroatoms. The van der Waals surface area contributed by atoms with Crippen molar-refractivity contribution in [2.45, 2.75) is 32.4 Å². The van der Waals surface area contributed by atoms with Gasteiger partial charge >= 0.3 is 6.03 Å². The van der Waals surface area contributed by atoms with E-state index in [1.165, 1.54) is 0 Å². The van der Waals surface area contributed by atoms with Gasteiger partial charge in [-0.05, 0) is 38.0 Å². The van der Waals surface area contributed by atoms with E-state index in [2.05, 4.69) is 5.32 Å². The molecule has 1 fully saturated rings. The molecule has 3 aromatic rings. The minimum atomic E-state index is -1.39. The van der Waals surface area contributed by atoms with E-state index in [-0.39, 0.29) is 18.4 Å². The molecule has 7 nitrogen and oxygen atoms in total. The van der Waals surface area contributed by atoms with Gasteiger partial charge in [-0.15, -0.1) is 0 Å². The van der Waals surface area contributed by atoms with Crippen LogP contribution in [0.3, 0.4) is 0 Å². The number of benzene rings is 2. The molecule has 1 N–H and O–H groups in total. The van der Waals surface area contributed by atoms with Crippen molar-refractivity contribution in [2.75, 3.05) is 20.3 Å². The van der Waals surface area contributed by atoms with Crippen molar-refractivity contribution < 1.29 is 19.1 Å². The number of carbonyl (C=O) groups excluding carboxylic acids is 3. The molecule has 0 unspecified atom stereocenters. The molecular formula is C27H29N3O4. The minimum Gasteiger partial charge on any atom is -0.383 e. The summed E-state index contributed by atoms with van der Waals surface area (Å²) in [6.07, 6.45) is 0. The number of ether oxygens (including phenoxy) is 1. The van der Waals surface area contributed by atoms with Gasteiger partial charge in [0.05, 0.1) is 19.2 Å². The topological polar surface area (TPSA) is 80.6 Å². The Morgan fingerprint density at radius 3 is 2.09 bits per heavy atom. The average molecular weight is 460 g/mol. The first-order valence-corrected chi connectivity index (χ1v) is 11.3. The third kappa shape index (κ3) is 3.82. The normalized spacial score (nSPS) is 15.9. The molecular weight excluding hydrogens is 430 g/mol. The van der Waals surface area contributed by atoms with E-state index in [0.717, 1.165) is 16.3 Å². The zero-order valence-corrected chi connectivity index (χ0v) is 19.9. The molecule has 0 saturated carbocycles. The van der Waals surface area contributed by atoms with Crippen LogP contribution >= 0.6 is 0 Å². The number of hydrogen-bond acceptors (Lipinski definition) is 4. The first-order chi connectivity index (χ1) is 16.3. The monoisotopic (exact) mass is 459 g/mol. The molecule has 1 atom stereocenters. The maximum Gasteiger partial charge on any atom is 0.325 e. The number of amides is 3. The molecule has 2 aromatic carbocycles. The number of urea groups is 1. The molecule has 3 amide bonds. The summed E-state index contributed by atoms with van der Waals surface area (Å²) in [6, 6.07) is 19.5. The number of nitrogens with one attached hydrogen (secondary N) is 1. The first-order valence-electron chi connectivity index (χ1n) is 11.3. The molecule has 0 bridgehead atoms. The molecule has 0 aliphatic carbocycles. The van der Waals surface area contributed by atoms with Crippen LogP contribution < -0.4 is 5.32 Å². The summed E-state index contributed by atoms with van der Waals surface area (Å²) in [4.78, 5) is 41.3. The fourth-order valence-corrected chi connectivity index (χ4v) is 4.94. The third-order valence-electron chi connectivity index (χ3n) is 6.45. The number of carbonyl (C=O) groups is 3. The molecule has 4 rings (SSSR count). The lowest BCUT2D eigenvalue weighted by atomic mass is 9.82. The van der Waals surface area contributed by atoms with Crippen LogP contribution in [0.15, 0.2) is 66.7 Å². The quantitative estimate of drug-likeness (QED) is 0.408. The van der Waals surface area contributed by atoms with Gasteiger partial charge < -0.3 is 14.6 Å². The highest BCUT2D eigenvalue weighted by molar-refractivity contribution is 6.13. The fraction of sp³-hybridized carbons (Fsp3) is 0.296. The third-order valence-corrected chi connectivity index (χ3v) is 6.45. The van der Waals surface area contributed by atoms with Crippen LogP contribution in [0, 0.1) is 13.8 Å². The highest BCUT2D eigenvalue weighted by Gasteiger charge is 2.54. The summed E-state index contributed by atoms with van der Waals surface area (Å²) >= 11 is 0. The van der Waals surface area contributed by atoms with Gasteiger partial charge in [0.1, 0.15) is 0 Å². The van der Waals surface area contributed by atoms with Crippen LogP contribution in [0.5, 0.6) is 0 Å². The Bertz CT molecular complexity index is 1180. The smallest absolute Gasteiger partial charge is 0.325 e. The SMILES string of the molecule is COC[C@@H](C)n1c(C)cc(C(=O)CN2C(=O)NC(c3ccccc3)(c3ccccc3)C2=O)c1C. The van der Waals surface area contributed by atoms with Gasteiger partial charge in [-0.2, -0.15) is 0 Å². The van der Waals surface area contributed by atoms with Crippen molar-refractivity contribution in [3.63, 3.8) is 0 Å². The Morgan fingerprint density at radius 1 is 1.00 bits per heavy atom. The van der Waals surface area contributed by atoms with E-state index in [1.54, 1.807) is 31.4 Å². The van der Waals surface area contributed by atoms with Gasteiger partial charge in [-0.3, -0.25) is 14.5 Å². The van der Waals surface area contributed by atoms with Gasteiger partial charge in [-0.1, -0.05) is 60.7 Å². The maximum absolute atomic E-state index is 13.8.